The van der Waals surface area contributed by atoms with Crippen LogP contribution in [0.1, 0.15) is 17.7 Å². The third-order valence-corrected chi connectivity index (χ3v) is 4.66. The Morgan fingerprint density at radius 1 is 1.13 bits per heavy atom. The Labute approximate surface area is 140 Å². The lowest BCUT2D eigenvalue weighted by Gasteiger charge is -2.21. The second kappa shape index (κ2) is 8.23. The number of hydrogen-bond acceptors (Lipinski definition) is 3. The highest BCUT2D eigenvalue weighted by Gasteiger charge is 2.23. The molecule has 2 heterocycles. The molecule has 3 rings (SSSR count). The number of aromatic nitrogens is 1. The second-order valence-corrected chi connectivity index (χ2v) is 6.71. The molecule has 122 valence electrons. The van der Waals surface area contributed by atoms with Crippen LogP contribution >= 0.6 is 0 Å². The lowest BCUT2D eigenvalue weighted by atomic mass is 10.1. The Morgan fingerprint density at radius 3 is 2.74 bits per heavy atom. The SMILES string of the molecule is CN(CCc1ccccn1)C[C@H]1CCN(Cc2ccccc2)C1. The van der Waals surface area contributed by atoms with Crippen LogP contribution in [0.4, 0.5) is 0 Å². The minimum absolute atomic E-state index is 0.799. The normalized spacial score (nSPS) is 18.6. The summed E-state index contributed by atoms with van der Waals surface area (Å²) in [6.07, 6.45) is 4.24. The molecule has 1 fully saturated rings. The van der Waals surface area contributed by atoms with E-state index in [4.69, 9.17) is 0 Å². The molecule has 1 saturated heterocycles. The molecule has 1 aliphatic rings. The van der Waals surface area contributed by atoms with Gasteiger partial charge in [0.2, 0.25) is 0 Å². The summed E-state index contributed by atoms with van der Waals surface area (Å²) in [5.74, 6) is 0.799. The molecule has 1 atom stereocenters. The fourth-order valence-corrected chi connectivity index (χ4v) is 3.43. The fourth-order valence-electron chi connectivity index (χ4n) is 3.43. The van der Waals surface area contributed by atoms with Crippen molar-refractivity contribution in [3.8, 4) is 0 Å². The van der Waals surface area contributed by atoms with Crippen LogP contribution in [0.25, 0.3) is 0 Å². The minimum atomic E-state index is 0.799. The average Bonchev–Trinajstić information content (AvgIpc) is 3.02. The molecule has 0 N–H and O–H groups in total. The lowest BCUT2D eigenvalue weighted by Crippen LogP contribution is -2.29. The molecule has 0 unspecified atom stereocenters. The first kappa shape index (κ1) is 16.2. The van der Waals surface area contributed by atoms with Crippen molar-refractivity contribution < 1.29 is 0 Å². The third kappa shape index (κ3) is 5.15. The van der Waals surface area contributed by atoms with E-state index in [0.717, 1.165) is 25.4 Å². The number of pyridine rings is 1. The Morgan fingerprint density at radius 2 is 1.96 bits per heavy atom. The molecule has 0 bridgehead atoms. The smallest absolute Gasteiger partial charge is 0.0416 e. The molecule has 1 aromatic carbocycles. The van der Waals surface area contributed by atoms with Crippen LogP contribution in [-0.4, -0.2) is 48.0 Å². The lowest BCUT2D eigenvalue weighted by molar-refractivity contribution is 0.261. The van der Waals surface area contributed by atoms with E-state index < -0.39 is 0 Å². The predicted octanol–water partition coefficient (Wildman–Crippen LogP) is 3.08. The van der Waals surface area contributed by atoms with Gasteiger partial charge in [-0.1, -0.05) is 36.4 Å². The van der Waals surface area contributed by atoms with Gasteiger partial charge in [-0.05, 0) is 43.6 Å². The van der Waals surface area contributed by atoms with E-state index >= 15 is 0 Å². The van der Waals surface area contributed by atoms with Gasteiger partial charge < -0.3 is 4.90 Å². The first-order chi connectivity index (χ1) is 11.3. The number of rotatable bonds is 7. The van der Waals surface area contributed by atoms with Crippen LogP contribution in [0.3, 0.4) is 0 Å². The Hall–Kier alpha value is -1.71. The van der Waals surface area contributed by atoms with Gasteiger partial charge in [-0.3, -0.25) is 9.88 Å². The summed E-state index contributed by atoms with van der Waals surface area (Å²) in [5, 5.41) is 0. The van der Waals surface area contributed by atoms with Gasteiger partial charge in [-0.25, -0.2) is 0 Å². The van der Waals surface area contributed by atoms with E-state index in [2.05, 4.69) is 64.3 Å². The van der Waals surface area contributed by atoms with E-state index in [1.807, 2.05) is 12.3 Å². The monoisotopic (exact) mass is 309 g/mol. The maximum atomic E-state index is 4.41. The predicted molar refractivity (Wildman–Crippen MR) is 95.3 cm³/mol. The van der Waals surface area contributed by atoms with Gasteiger partial charge in [0.1, 0.15) is 0 Å². The Kier molecular flexibility index (Phi) is 5.78. The highest BCUT2D eigenvalue weighted by Crippen LogP contribution is 2.19. The summed E-state index contributed by atoms with van der Waals surface area (Å²) >= 11 is 0. The Bertz CT molecular complexity index is 570. The summed E-state index contributed by atoms with van der Waals surface area (Å²) in [4.78, 5) is 9.46. The van der Waals surface area contributed by atoms with Crippen LogP contribution < -0.4 is 0 Å². The van der Waals surface area contributed by atoms with Gasteiger partial charge in [0, 0.05) is 44.5 Å². The topological polar surface area (TPSA) is 19.4 Å². The van der Waals surface area contributed by atoms with Crippen molar-refractivity contribution in [2.24, 2.45) is 5.92 Å². The standard InChI is InChI=1S/C20H27N3/c1-22(13-11-20-9-5-6-12-21-20)15-19-10-14-23(17-19)16-18-7-3-2-4-8-18/h2-9,12,19H,10-11,13-17H2,1H3/t19-/m1/s1. The summed E-state index contributed by atoms with van der Waals surface area (Å²) in [6.45, 7) is 5.83. The Balaban J connectivity index is 1.39. The molecule has 3 nitrogen and oxygen atoms in total. The molecule has 1 aromatic heterocycles. The largest absolute Gasteiger partial charge is 0.306 e. The number of benzene rings is 1. The van der Waals surface area contributed by atoms with E-state index in [-0.39, 0.29) is 0 Å². The quantitative estimate of drug-likeness (QED) is 0.783. The van der Waals surface area contributed by atoms with E-state index in [9.17, 15) is 0 Å². The highest BCUT2D eigenvalue weighted by atomic mass is 15.2. The van der Waals surface area contributed by atoms with Crippen molar-refractivity contribution in [2.45, 2.75) is 19.4 Å². The molecule has 1 aliphatic heterocycles. The maximum absolute atomic E-state index is 4.41. The van der Waals surface area contributed by atoms with Crippen LogP contribution in [0.5, 0.6) is 0 Å². The van der Waals surface area contributed by atoms with Gasteiger partial charge in [-0.15, -0.1) is 0 Å². The first-order valence-corrected chi connectivity index (χ1v) is 8.64. The number of likely N-dealkylation sites (N-methyl/N-ethyl adjacent to an activating group) is 1. The molecule has 0 amide bonds. The van der Waals surface area contributed by atoms with Crippen molar-refractivity contribution in [3.63, 3.8) is 0 Å². The second-order valence-electron chi connectivity index (χ2n) is 6.71. The summed E-state index contributed by atoms with van der Waals surface area (Å²) < 4.78 is 0. The zero-order valence-corrected chi connectivity index (χ0v) is 14.1. The first-order valence-electron chi connectivity index (χ1n) is 8.64. The summed E-state index contributed by atoms with van der Waals surface area (Å²) in [7, 11) is 2.24. The van der Waals surface area contributed by atoms with Crippen molar-refractivity contribution in [1.29, 1.82) is 0 Å². The molecule has 0 aliphatic carbocycles. The fraction of sp³-hybridized carbons (Fsp3) is 0.450. The summed E-state index contributed by atoms with van der Waals surface area (Å²) in [5.41, 5.74) is 2.62. The number of nitrogens with zero attached hydrogens (tertiary/aromatic N) is 3. The number of hydrogen-bond donors (Lipinski definition) is 0. The molecule has 23 heavy (non-hydrogen) atoms. The van der Waals surface area contributed by atoms with Crippen LogP contribution in [0.15, 0.2) is 54.7 Å². The van der Waals surface area contributed by atoms with Gasteiger partial charge in [-0.2, -0.15) is 0 Å². The van der Waals surface area contributed by atoms with Gasteiger partial charge in [0.05, 0.1) is 0 Å². The van der Waals surface area contributed by atoms with Gasteiger partial charge >= 0.3 is 0 Å². The van der Waals surface area contributed by atoms with Crippen LogP contribution in [0, 0.1) is 5.92 Å². The molecule has 3 heteroatoms. The molecule has 2 aromatic rings. The van der Waals surface area contributed by atoms with Crippen molar-refractivity contribution in [2.75, 3.05) is 33.2 Å². The molecule has 0 spiro atoms. The zero-order chi connectivity index (χ0) is 15.9. The molecule has 0 radical (unpaired) electrons. The van der Waals surface area contributed by atoms with E-state index in [0.29, 0.717) is 0 Å². The number of likely N-dealkylation sites (tertiary alicyclic amines) is 1. The van der Waals surface area contributed by atoms with Gasteiger partial charge in [0.15, 0.2) is 0 Å². The van der Waals surface area contributed by atoms with Crippen LogP contribution in [0.2, 0.25) is 0 Å². The maximum Gasteiger partial charge on any atom is 0.0416 e. The average molecular weight is 309 g/mol. The highest BCUT2D eigenvalue weighted by molar-refractivity contribution is 5.14. The zero-order valence-electron chi connectivity index (χ0n) is 14.1. The van der Waals surface area contributed by atoms with E-state index in [1.54, 1.807) is 0 Å². The van der Waals surface area contributed by atoms with Crippen molar-refractivity contribution in [3.05, 3.63) is 66.0 Å². The minimum Gasteiger partial charge on any atom is -0.306 e. The molecular weight excluding hydrogens is 282 g/mol. The van der Waals surface area contributed by atoms with Crippen molar-refractivity contribution >= 4 is 0 Å². The van der Waals surface area contributed by atoms with Crippen molar-refractivity contribution in [1.82, 2.24) is 14.8 Å². The van der Waals surface area contributed by atoms with E-state index in [1.165, 1.54) is 37.3 Å². The van der Waals surface area contributed by atoms with Gasteiger partial charge in [0.25, 0.3) is 0 Å². The summed E-state index contributed by atoms with van der Waals surface area (Å²) in [6, 6.07) is 17.0. The third-order valence-electron chi connectivity index (χ3n) is 4.66. The molecular formula is C20H27N3. The molecule has 0 saturated carbocycles. The van der Waals surface area contributed by atoms with Crippen LogP contribution in [-0.2, 0) is 13.0 Å².